The van der Waals surface area contributed by atoms with Crippen molar-refractivity contribution < 1.29 is 18.9 Å². The van der Waals surface area contributed by atoms with E-state index in [-0.39, 0.29) is 6.10 Å². The van der Waals surface area contributed by atoms with Crippen molar-refractivity contribution in [1.82, 2.24) is 15.6 Å². The smallest absolute Gasteiger partial charge is 0.218 e. The van der Waals surface area contributed by atoms with Crippen molar-refractivity contribution in [1.29, 1.82) is 0 Å². The zero-order chi connectivity index (χ0) is 20.9. The normalized spacial score (nSPS) is 12.2. The highest BCUT2D eigenvalue weighted by Crippen LogP contribution is 2.19. The predicted octanol–water partition coefficient (Wildman–Crippen LogP) is 2.25. The maximum absolute atomic E-state index is 5.92. The molecule has 0 bridgehead atoms. The number of methoxy groups -OCH3 is 2. The first-order chi connectivity index (χ1) is 14.2. The van der Waals surface area contributed by atoms with E-state index in [2.05, 4.69) is 20.6 Å². The number of aromatic nitrogens is 1. The van der Waals surface area contributed by atoms with Crippen LogP contribution in [0.1, 0.15) is 12.5 Å². The molecule has 0 saturated carbocycles. The summed E-state index contributed by atoms with van der Waals surface area (Å²) in [6.07, 6.45) is 1.64. The van der Waals surface area contributed by atoms with Gasteiger partial charge in [-0.3, -0.25) is 4.99 Å². The van der Waals surface area contributed by atoms with Gasteiger partial charge in [-0.15, -0.1) is 0 Å². The van der Waals surface area contributed by atoms with Crippen molar-refractivity contribution in [2.45, 2.75) is 19.6 Å². The van der Waals surface area contributed by atoms with Crippen LogP contribution < -0.4 is 24.8 Å². The lowest BCUT2D eigenvalue weighted by Gasteiger charge is -2.18. The SMILES string of the molecule is CN=C(NCc1cccnc1OCCOC)NCC(C)Oc1cccc(OC)c1. The summed E-state index contributed by atoms with van der Waals surface area (Å²) in [6.45, 7) is 4.06. The van der Waals surface area contributed by atoms with E-state index in [4.69, 9.17) is 18.9 Å². The van der Waals surface area contributed by atoms with Gasteiger partial charge in [-0.1, -0.05) is 12.1 Å². The second-order valence-electron chi connectivity index (χ2n) is 6.22. The maximum Gasteiger partial charge on any atom is 0.218 e. The van der Waals surface area contributed by atoms with E-state index in [0.29, 0.717) is 38.1 Å². The molecule has 0 fully saturated rings. The molecule has 0 amide bonds. The third kappa shape index (κ3) is 7.87. The van der Waals surface area contributed by atoms with Crippen molar-refractivity contribution in [3.8, 4) is 17.4 Å². The molecule has 158 valence electrons. The molecule has 1 heterocycles. The zero-order valence-corrected chi connectivity index (χ0v) is 17.5. The van der Waals surface area contributed by atoms with Gasteiger partial charge in [0.1, 0.15) is 24.2 Å². The summed E-state index contributed by atoms with van der Waals surface area (Å²) in [6, 6.07) is 11.4. The topological polar surface area (TPSA) is 86.2 Å². The molecular formula is C21H30N4O4. The summed E-state index contributed by atoms with van der Waals surface area (Å²) in [5, 5.41) is 6.53. The number of nitrogens with one attached hydrogen (secondary N) is 2. The maximum atomic E-state index is 5.92. The molecule has 0 spiro atoms. The monoisotopic (exact) mass is 402 g/mol. The van der Waals surface area contributed by atoms with Crippen LogP contribution in [0.3, 0.4) is 0 Å². The highest BCUT2D eigenvalue weighted by atomic mass is 16.5. The van der Waals surface area contributed by atoms with E-state index >= 15 is 0 Å². The van der Waals surface area contributed by atoms with Gasteiger partial charge in [0.05, 0.1) is 20.3 Å². The molecule has 0 saturated heterocycles. The van der Waals surface area contributed by atoms with Crippen molar-refractivity contribution in [2.24, 2.45) is 4.99 Å². The Balaban J connectivity index is 1.82. The molecule has 0 aliphatic heterocycles. The minimum absolute atomic E-state index is 0.0630. The van der Waals surface area contributed by atoms with E-state index in [0.717, 1.165) is 17.1 Å². The van der Waals surface area contributed by atoms with Gasteiger partial charge in [0.2, 0.25) is 5.88 Å². The predicted molar refractivity (Wildman–Crippen MR) is 113 cm³/mol. The second-order valence-corrected chi connectivity index (χ2v) is 6.22. The Morgan fingerprint density at radius 3 is 2.69 bits per heavy atom. The highest BCUT2D eigenvalue weighted by Gasteiger charge is 2.09. The second kappa shape index (κ2) is 12.5. The van der Waals surface area contributed by atoms with Crippen LogP contribution in [0.2, 0.25) is 0 Å². The highest BCUT2D eigenvalue weighted by molar-refractivity contribution is 5.79. The minimum Gasteiger partial charge on any atom is -0.497 e. The molecule has 29 heavy (non-hydrogen) atoms. The van der Waals surface area contributed by atoms with Crippen LogP contribution >= 0.6 is 0 Å². The van der Waals surface area contributed by atoms with Crippen molar-refractivity contribution in [3.63, 3.8) is 0 Å². The van der Waals surface area contributed by atoms with Gasteiger partial charge in [-0.25, -0.2) is 4.98 Å². The molecule has 8 nitrogen and oxygen atoms in total. The van der Waals surface area contributed by atoms with Crippen LogP contribution in [-0.2, 0) is 11.3 Å². The van der Waals surface area contributed by atoms with Crippen LogP contribution in [0, 0.1) is 0 Å². The average Bonchev–Trinajstić information content (AvgIpc) is 2.75. The van der Waals surface area contributed by atoms with Crippen LogP contribution in [0.15, 0.2) is 47.6 Å². The summed E-state index contributed by atoms with van der Waals surface area (Å²) in [5.41, 5.74) is 0.937. The molecule has 2 rings (SSSR count). The summed E-state index contributed by atoms with van der Waals surface area (Å²) >= 11 is 0. The molecule has 1 atom stereocenters. The molecular weight excluding hydrogens is 372 g/mol. The van der Waals surface area contributed by atoms with Gasteiger partial charge in [-0.2, -0.15) is 0 Å². The summed E-state index contributed by atoms with van der Waals surface area (Å²) in [5.74, 6) is 2.77. The molecule has 0 radical (unpaired) electrons. The Hall–Kier alpha value is -3.00. The van der Waals surface area contributed by atoms with Gasteiger partial charge in [0.15, 0.2) is 5.96 Å². The fourth-order valence-electron chi connectivity index (χ4n) is 2.50. The molecule has 1 aromatic heterocycles. The Kier molecular flexibility index (Phi) is 9.57. The zero-order valence-electron chi connectivity index (χ0n) is 17.5. The lowest BCUT2D eigenvalue weighted by Crippen LogP contribution is -2.41. The van der Waals surface area contributed by atoms with Crippen molar-refractivity contribution in [2.75, 3.05) is 41.0 Å². The third-order valence-electron chi connectivity index (χ3n) is 3.98. The number of benzene rings is 1. The van der Waals surface area contributed by atoms with E-state index in [1.54, 1.807) is 27.5 Å². The number of hydrogen-bond acceptors (Lipinski definition) is 6. The Bertz CT molecular complexity index is 770. The summed E-state index contributed by atoms with van der Waals surface area (Å²) < 4.78 is 21.8. The first-order valence-corrected chi connectivity index (χ1v) is 9.47. The first-order valence-electron chi connectivity index (χ1n) is 9.47. The number of guanidine groups is 1. The average molecular weight is 402 g/mol. The molecule has 0 aliphatic rings. The lowest BCUT2D eigenvalue weighted by molar-refractivity contribution is 0.143. The van der Waals surface area contributed by atoms with Crippen molar-refractivity contribution in [3.05, 3.63) is 48.2 Å². The Labute approximate surface area is 172 Å². The molecule has 1 aromatic carbocycles. The number of pyridine rings is 1. The fraction of sp³-hybridized carbons (Fsp3) is 0.429. The van der Waals surface area contributed by atoms with Gasteiger partial charge < -0.3 is 29.6 Å². The van der Waals surface area contributed by atoms with Crippen molar-refractivity contribution >= 4 is 5.96 Å². The Morgan fingerprint density at radius 2 is 1.93 bits per heavy atom. The first kappa shape index (κ1) is 22.3. The van der Waals surface area contributed by atoms with Crippen LogP contribution in [0.25, 0.3) is 0 Å². The van der Waals surface area contributed by atoms with Crippen LogP contribution in [0.4, 0.5) is 0 Å². The van der Waals surface area contributed by atoms with E-state index in [1.165, 1.54) is 0 Å². The quantitative estimate of drug-likeness (QED) is 0.339. The third-order valence-corrected chi connectivity index (χ3v) is 3.98. The molecule has 0 aliphatic carbocycles. The van der Waals surface area contributed by atoms with Crippen LogP contribution in [0.5, 0.6) is 17.4 Å². The van der Waals surface area contributed by atoms with Gasteiger partial charge in [0, 0.05) is 38.5 Å². The van der Waals surface area contributed by atoms with Gasteiger partial charge >= 0.3 is 0 Å². The van der Waals surface area contributed by atoms with Crippen LogP contribution in [-0.4, -0.2) is 58.1 Å². The van der Waals surface area contributed by atoms with E-state index in [1.807, 2.05) is 43.3 Å². The minimum atomic E-state index is -0.0630. The largest absolute Gasteiger partial charge is 0.497 e. The number of rotatable bonds is 11. The van der Waals surface area contributed by atoms with Gasteiger partial charge in [0.25, 0.3) is 0 Å². The molecule has 8 heteroatoms. The lowest BCUT2D eigenvalue weighted by atomic mass is 10.2. The summed E-state index contributed by atoms with van der Waals surface area (Å²) in [7, 11) is 5.00. The van der Waals surface area contributed by atoms with Gasteiger partial charge in [-0.05, 0) is 25.1 Å². The van der Waals surface area contributed by atoms with E-state index < -0.39 is 0 Å². The molecule has 2 N–H and O–H groups in total. The standard InChI is InChI=1S/C21H30N4O4/c1-16(29-19-9-5-8-18(13-19)27-4)14-24-21(22-2)25-15-17-7-6-10-23-20(17)28-12-11-26-3/h5-10,13,16H,11-12,14-15H2,1-4H3,(H2,22,24,25). The Morgan fingerprint density at radius 1 is 1.10 bits per heavy atom. The fourth-order valence-corrected chi connectivity index (χ4v) is 2.50. The number of ether oxygens (including phenoxy) is 4. The summed E-state index contributed by atoms with van der Waals surface area (Å²) in [4.78, 5) is 8.53. The number of hydrogen-bond donors (Lipinski definition) is 2. The molecule has 2 aromatic rings. The molecule has 1 unspecified atom stereocenters. The number of nitrogens with zero attached hydrogens (tertiary/aromatic N) is 2. The number of aliphatic imine (C=N–C) groups is 1. The van der Waals surface area contributed by atoms with E-state index in [9.17, 15) is 0 Å².